The lowest BCUT2D eigenvalue weighted by Gasteiger charge is -2.26. The van der Waals surface area contributed by atoms with Crippen molar-refractivity contribution in [1.82, 2.24) is 30.0 Å². The summed E-state index contributed by atoms with van der Waals surface area (Å²) in [6.45, 7) is 2.97. The number of hydrogen-bond donors (Lipinski definition) is 0. The van der Waals surface area contributed by atoms with Crippen LogP contribution in [0.3, 0.4) is 0 Å². The van der Waals surface area contributed by atoms with Gasteiger partial charge in [0.2, 0.25) is 11.7 Å². The zero-order valence-electron chi connectivity index (χ0n) is 16.7. The minimum atomic E-state index is 0.110. The van der Waals surface area contributed by atoms with Crippen molar-refractivity contribution in [3.8, 4) is 11.4 Å². The molecular weight excluding hydrogens is 416 g/mol. The molecule has 1 aliphatic rings. The van der Waals surface area contributed by atoms with E-state index in [0.717, 1.165) is 21.5 Å². The van der Waals surface area contributed by atoms with Crippen LogP contribution in [0.2, 0.25) is 0 Å². The van der Waals surface area contributed by atoms with Crippen LogP contribution in [0, 0.1) is 0 Å². The molecule has 31 heavy (non-hydrogen) atoms. The van der Waals surface area contributed by atoms with Gasteiger partial charge in [0.05, 0.1) is 25.3 Å². The predicted octanol–water partition coefficient (Wildman–Crippen LogP) is 2.96. The van der Waals surface area contributed by atoms with Crippen LogP contribution < -0.4 is 0 Å². The van der Waals surface area contributed by atoms with E-state index in [9.17, 15) is 4.79 Å². The Kier molecular flexibility index (Phi) is 5.55. The Bertz CT molecular complexity index is 1210. The van der Waals surface area contributed by atoms with Crippen molar-refractivity contribution in [2.45, 2.75) is 13.0 Å². The second-order valence-electron chi connectivity index (χ2n) is 7.06. The molecule has 3 aromatic heterocycles. The van der Waals surface area contributed by atoms with E-state index in [-0.39, 0.29) is 5.91 Å². The first-order valence-electron chi connectivity index (χ1n) is 10.0. The highest BCUT2D eigenvalue weighted by Crippen LogP contribution is 2.22. The van der Waals surface area contributed by atoms with Gasteiger partial charge >= 0.3 is 0 Å². The topological polar surface area (TPSA) is 99.2 Å². The normalized spacial score (nSPS) is 14.6. The second kappa shape index (κ2) is 8.78. The molecule has 0 radical (unpaired) electrons. The summed E-state index contributed by atoms with van der Waals surface area (Å²) in [5, 5.41) is 14.5. The van der Waals surface area contributed by atoms with E-state index in [1.165, 1.54) is 0 Å². The largest absolute Gasteiger partial charge is 0.378 e. The zero-order valence-corrected chi connectivity index (χ0v) is 17.5. The molecule has 0 spiro atoms. The van der Waals surface area contributed by atoms with Gasteiger partial charge < -0.3 is 14.2 Å². The minimum Gasteiger partial charge on any atom is -0.378 e. The Morgan fingerprint density at radius 2 is 2.10 bits per heavy atom. The summed E-state index contributed by atoms with van der Waals surface area (Å²) in [5.74, 6) is 1.04. The maximum absolute atomic E-state index is 12.4. The number of rotatable bonds is 6. The summed E-state index contributed by atoms with van der Waals surface area (Å²) < 4.78 is 12.4. The zero-order chi connectivity index (χ0) is 21.0. The Morgan fingerprint density at radius 1 is 1.19 bits per heavy atom. The first-order chi connectivity index (χ1) is 15.3. The minimum absolute atomic E-state index is 0.110. The molecule has 158 valence electrons. The van der Waals surface area contributed by atoms with Crippen LogP contribution in [0.5, 0.6) is 0 Å². The Balaban J connectivity index is 1.27. The first kappa shape index (κ1) is 19.6. The lowest BCUT2D eigenvalue weighted by Crippen LogP contribution is -2.41. The quantitative estimate of drug-likeness (QED) is 0.458. The van der Waals surface area contributed by atoms with Gasteiger partial charge in [-0.3, -0.25) is 4.79 Å². The van der Waals surface area contributed by atoms with E-state index in [1.54, 1.807) is 22.1 Å². The third kappa shape index (κ3) is 4.39. The molecule has 0 saturated carbocycles. The molecule has 0 bridgehead atoms. The summed E-state index contributed by atoms with van der Waals surface area (Å²) >= 11 is 1.64. The molecule has 4 aromatic rings. The highest BCUT2D eigenvalue weighted by atomic mass is 32.1. The number of hydrogen-bond acceptors (Lipinski definition) is 8. The Labute approximate surface area is 181 Å². The number of aryl methyl sites for hydroxylation is 1. The standard InChI is InChI=1S/C21H20N6O3S/c28-20(26-9-11-29-12-10-26)7-8-27-18-5-3-15(14-17(18)23-25-27)21-22-19(30-24-21)6-4-16-2-1-13-31-16/h1-6,13-14H,7-12H2. The summed E-state index contributed by atoms with van der Waals surface area (Å²) in [5.41, 5.74) is 2.38. The van der Waals surface area contributed by atoms with E-state index in [4.69, 9.17) is 9.26 Å². The van der Waals surface area contributed by atoms with Crippen molar-refractivity contribution in [1.29, 1.82) is 0 Å². The summed E-state index contributed by atoms with van der Waals surface area (Å²) in [6.07, 6.45) is 4.11. The maximum Gasteiger partial charge on any atom is 0.250 e. The number of nitrogens with zero attached hydrogens (tertiary/aromatic N) is 6. The van der Waals surface area contributed by atoms with Gasteiger partial charge in [-0.05, 0) is 35.7 Å². The van der Waals surface area contributed by atoms with Crippen molar-refractivity contribution >= 4 is 40.4 Å². The molecule has 9 nitrogen and oxygen atoms in total. The molecule has 1 fully saturated rings. The van der Waals surface area contributed by atoms with E-state index >= 15 is 0 Å². The number of morpholine rings is 1. The lowest BCUT2D eigenvalue weighted by molar-refractivity contribution is -0.135. The molecule has 10 heteroatoms. The van der Waals surface area contributed by atoms with Crippen LogP contribution in [0.4, 0.5) is 0 Å². The van der Waals surface area contributed by atoms with Gasteiger partial charge in [-0.25, -0.2) is 4.68 Å². The van der Waals surface area contributed by atoms with Crippen LogP contribution in [0.1, 0.15) is 17.2 Å². The number of carbonyl (C=O) groups excluding carboxylic acids is 1. The molecule has 0 atom stereocenters. The second-order valence-corrected chi connectivity index (χ2v) is 8.04. The third-order valence-electron chi connectivity index (χ3n) is 5.05. The number of thiophene rings is 1. The molecule has 5 rings (SSSR count). The van der Waals surface area contributed by atoms with Crippen molar-refractivity contribution in [3.05, 3.63) is 46.5 Å². The first-order valence-corrected chi connectivity index (χ1v) is 10.9. The monoisotopic (exact) mass is 436 g/mol. The van der Waals surface area contributed by atoms with Gasteiger partial charge in [0.25, 0.3) is 5.89 Å². The predicted molar refractivity (Wildman–Crippen MR) is 116 cm³/mol. The number of benzene rings is 1. The number of fused-ring (bicyclic) bond motifs is 1. The van der Waals surface area contributed by atoms with E-state index in [1.807, 2.05) is 46.7 Å². The average molecular weight is 436 g/mol. The summed E-state index contributed by atoms with van der Waals surface area (Å²) in [7, 11) is 0. The molecular formula is C21H20N6O3S. The summed E-state index contributed by atoms with van der Waals surface area (Å²) in [4.78, 5) is 19.8. The molecule has 0 unspecified atom stereocenters. The Hall–Kier alpha value is -3.37. The molecule has 1 saturated heterocycles. The fourth-order valence-electron chi connectivity index (χ4n) is 3.41. The highest BCUT2D eigenvalue weighted by Gasteiger charge is 2.17. The molecule has 1 aliphatic heterocycles. The van der Waals surface area contributed by atoms with Crippen molar-refractivity contribution < 1.29 is 14.1 Å². The van der Waals surface area contributed by atoms with E-state index in [2.05, 4.69) is 20.5 Å². The van der Waals surface area contributed by atoms with Gasteiger partial charge in [0, 0.05) is 36.0 Å². The van der Waals surface area contributed by atoms with Crippen molar-refractivity contribution in [3.63, 3.8) is 0 Å². The van der Waals surface area contributed by atoms with Crippen LogP contribution in [0.15, 0.2) is 40.2 Å². The molecule has 1 aromatic carbocycles. The fraction of sp³-hybridized carbons (Fsp3) is 0.286. The van der Waals surface area contributed by atoms with Crippen molar-refractivity contribution in [2.75, 3.05) is 26.3 Å². The van der Waals surface area contributed by atoms with E-state index in [0.29, 0.717) is 51.0 Å². The van der Waals surface area contributed by atoms with Crippen LogP contribution in [-0.4, -0.2) is 62.2 Å². The highest BCUT2D eigenvalue weighted by molar-refractivity contribution is 7.10. The number of carbonyl (C=O) groups is 1. The number of ether oxygens (including phenoxy) is 1. The van der Waals surface area contributed by atoms with Gasteiger partial charge in [-0.1, -0.05) is 16.4 Å². The Morgan fingerprint density at radius 3 is 2.94 bits per heavy atom. The summed E-state index contributed by atoms with van der Waals surface area (Å²) in [6, 6.07) is 9.71. The smallest absolute Gasteiger partial charge is 0.250 e. The van der Waals surface area contributed by atoms with Crippen LogP contribution in [0.25, 0.3) is 34.6 Å². The fourth-order valence-corrected chi connectivity index (χ4v) is 4.03. The molecule has 0 aliphatic carbocycles. The van der Waals surface area contributed by atoms with Gasteiger partial charge in [0.1, 0.15) is 5.52 Å². The number of amides is 1. The van der Waals surface area contributed by atoms with Crippen LogP contribution >= 0.6 is 11.3 Å². The van der Waals surface area contributed by atoms with Crippen molar-refractivity contribution in [2.24, 2.45) is 0 Å². The SMILES string of the molecule is O=C(CCn1nnc2cc(-c3noc(C=Cc4cccs4)n3)ccc21)N1CCOCC1. The van der Waals surface area contributed by atoms with Gasteiger partial charge in [-0.2, -0.15) is 4.98 Å². The molecule has 0 N–H and O–H groups in total. The van der Waals surface area contributed by atoms with E-state index < -0.39 is 0 Å². The van der Waals surface area contributed by atoms with Gasteiger partial charge in [0.15, 0.2) is 0 Å². The third-order valence-corrected chi connectivity index (χ3v) is 5.89. The maximum atomic E-state index is 12.4. The number of aromatic nitrogens is 5. The van der Waals surface area contributed by atoms with Gasteiger partial charge in [-0.15, -0.1) is 16.4 Å². The molecule has 1 amide bonds. The molecule has 4 heterocycles. The lowest BCUT2D eigenvalue weighted by atomic mass is 10.2. The average Bonchev–Trinajstić information content (AvgIpc) is 3.57. The van der Waals surface area contributed by atoms with Crippen LogP contribution in [-0.2, 0) is 16.1 Å².